The molecule has 3 aliphatic heterocycles. The fraction of sp³-hybridized carbons (Fsp3) is 0.375. The summed E-state index contributed by atoms with van der Waals surface area (Å²) in [7, 11) is 0. The third-order valence-electron chi connectivity index (χ3n) is 8.39. The van der Waals surface area contributed by atoms with Crippen LogP contribution < -0.4 is 0 Å². The molecule has 0 unspecified atom stereocenters. The zero-order valence-electron chi connectivity index (χ0n) is 21.8. The van der Waals surface area contributed by atoms with Crippen LogP contribution in [0.15, 0.2) is 91.0 Å². The van der Waals surface area contributed by atoms with E-state index in [0.29, 0.717) is 19.3 Å². The standard InChI is InChI=1S/C32H36N2O2/c1-30(2,25-17-10-6-11-18-25)33-27-21-14-22-32(29(33)36,23-24-15-8-5-9-16-24)34(28(27)35)31(3,4)26-19-12-7-13-20-26/h5-13,15-20,27H,14,21-23H2,1-4H3/t27-,32+/m0/s1. The molecule has 3 saturated heterocycles. The molecule has 2 atom stereocenters. The van der Waals surface area contributed by atoms with Gasteiger partial charge in [-0.15, -0.1) is 0 Å². The van der Waals surface area contributed by atoms with Gasteiger partial charge in [0.15, 0.2) is 0 Å². The van der Waals surface area contributed by atoms with Crippen molar-refractivity contribution in [1.82, 2.24) is 9.80 Å². The van der Waals surface area contributed by atoms with Crippen LogP contribution >= 0.6 is 0 Å². The average Bonchev–Trinajstić information content (AvgIpc) is 3.12. The Labute approximate surface area is 214 Å². The van der Waals surface area contributed by atoms with Crippen molar-refractivity contribution in [3.05, 3.63) is 108 Å². The summed E-state index contributed by atoms with van der Waals surface area (Å²) in [4.78, 5) is 33.4. The fourth-order valence-corrected chi connectivity index (χ4v) is 6.58. The maximum absolute atomic E-state index is 14.9. The average molecular weight is 481 g/mol. The lowest BCUT2D eigenvalue weighted by molar-refractivity contribution is -0.184. The molecule has 2 bridgehead atoms. The molecule has 0 spiro atoms. The number of carbonyl (C=O) groups excluding carboxylic acids is 2. The van der Waals surface area contributed by atoms with Gasteiger partial charge in [-0.25, -0.2) is 0 Å². The lowest BCUT2D eigenvalue weighted by Crippen LogP contribution is -2.76. The molecule has 0 saturated carbocycles. The minimum absolute atomic E-state index is 0.0564. The van der Waals surface area contributed by atoms with Crippen LogP contribution in [0.2, 0.25) is 0 Å². The highest BCUT2D eigenvalue weighted by molar-refractivity contribution is 6.01. The summed E-state index contributed by atoms with van der Waals surface area (Å²) in [6.07, 6.45) is 2.67. The first-order chi connectivity index (χ1) is 17.2. The van der Waals surface area contributed by atoms with Crippen molar-refractivity contribution in [2.75, 3.05) is 0 Å². The summed E-state index contributed by atoms with van der Waals surface area (Å²) < 4.78 is 0. The molecule has 186 valence electrons. The molecule has 0 aromatic heterocycles. The maximum atomic E-state index is 14.9. The van der Waals surface area contributed by atoms with Gasteiger partial charge in [0, 0.05) is 6.42 Å². The number of piperazine rings is 1. The zero-order chi connectivity index (χ0) is 25.6. The number of hydrogen-bond donors (Lipinski definition) is 0. The first-order valence-corrected chi connectivity index (χ1v) is 13.0. The largest absolute Gasteiger partial charge is 0.319 e. The van der Waals surface area contributed by atoms with Gasteiger partial charge < -0.3 is 9.80 Å². The van der Waals surface area contributed by atoms with Crippen LogP contribution in [0, 0.1) is 0 Å². The van der Waals surface area contributed by atoms with E-state index in [1.54, 1.807) is 0 Å². The normalized spacial score (nSPS) is 22.6. The van der Waals surface area contributed by atoms with Gasteiger partial charge >= 0.3 is 0 Å². The highest BCUT2D eigenvalue weighted by Crippen LogP contribution is 2.49. The van der Waals surface area contributed by atoms with E-state index in [1.165, 1.54) is 0 Å². The molecule has 0 N–H and O–H groups in total. The molecule has 2 amide bonds. The van der Waals surface area contributed by atoms with Crippen molar-refractivity contribution in [3.63, 3.8) is 0 Å². The Morgan fingerprint density at radius 3 is 1.81 bits per heavy atom. The predicted molar refractivity (Wildman–Crippen MR) is 143 cm³/mol. The Morgan fingerprint density at radius 2 is 1.25 bits per heavy atom. The summed E-state index contributed by atoms with van der Waals surface area (Å²) in [6, 6.07) is 29.9. The number of fused-ring (bicyclic) bond motifs is 4. The molecule has 3 aliphatic rings. The molecule has 4 heteroatoms. The molecular formula is C32H36N2O2. The van der Waals surface area contributed by atoms with Crippen molar-refractivity contribution in [2.24, 2.45) is 0 Å². The zero-order valence-corrected chi connectivity index (χ0v) is 21.8. The first-order valence-electron chi connectivity index (χ1n) is 13.0. The van der Waals surface area contributed by atoms with Crippen LogP contribution in [0.3, 0.4) is 0 Å². The van der Waals surface area contributed by atoms with Gasteiger partial charge in [0.1, 0.15) is 11.6 Å². The lowest BCUT2D eigenvalue weighted by Gasteiger charge is -2.59. The number of amides is 2. The first kappa shape index (κ1) is 24.3. The smallest absolute Gasteiger partial charge is 0.250 e. The van der Waals surface area contributed by atoms with Gasteiger partial charge in [0.05, 0.1) is 11.1 Å². The summed E-state index contributed by atoms with van der Waals surface area (Å²) in [6.45, 7) is 8.34. The monoisotopic (exact) mass is 480 g/mol. The minimum atomic E-state index is -0.961. The Balaban J connectivity index is 1.70. The van der Waals surface area contributed by atoms with E-state index in [0.717, 1.165) is 23.1 Å². The van der Waals surface area contributed by atoms with E-state index in [9.17, 15) is 9.59 Å². The topological polar surface area (TPSA) is 40.6 Å². The Kier molecular flexibility index (Phi) is 6.02. The predicted octanol–water partition coefficient (Wildman–Crippen LogP) is 6.06. The fourth-order valence-electron chi connectivity index (χ4n) is 6.58. The molecule has 4 nitrogen and oxygen atoms in total. The van der Waals surface area contributed by atoms with Gasteiger partial charge in [-0.05, 0) is 63.6 Å². The molecular weight excluding hydrogens is 444 g/mol. The Morgan fingerprint density at radius 1 is 0.750 bits per heavy atom. The van der Waals surface area contributed by atoms with Gasteiger partial charge in [-0.3, -0.25) is 9.59 Å². The second-order valence-electron chi connectivity index (χ2n) is 11.3. The molecule has 0 aliphatic carbocycles. The molecule has 6 rings (SSSR count). The Hall–Kier alpha value is -3.40. The molecule has 36 heavy (non-hydrogen) atoms. The number of rotatable bonds is 6. The van der Waals surface area contributed by atoms with Gasteiger partial charge in [0.2, 0.25) is 11.8 Å². The molecule has 3 aromatic carbocycles. The second-order valence-corrected chi connectivity index (χ2v) is 11.3. The quantitative estimate of drug-likeness (QED) is 0.430. The van der Waals surface area contributed by atoms with Gasteiger partial charge in [-0.1, -0.05) is 91.0 Å². The summed E-state index contributed by atoms with van der Waals surface area (Å²) in [5, 5.41) is 0. The van der Waals surface area contributed by atoms with Crippen molar-refractivity contribution in [2.45, 2.75) is 76.0 Å². The van der Waals surface area contributed by atoms with Crippen LogP contribution in [0.5, 0.6) is 0 Å². The Bertz CT molecular complexity index is 1240. The summed E-state index contributed by atoms with van der Waals surface area (Å²) in [5.41, 5.74) is 0.937. The van der Waals surface area contributed by atoms with Crippen LogP contribution in [0.25, 0.3) is 0 Å². The van der Waals surface area contributed by atoms with Crippen molar-refractivity contribution < 1.29 is 9.59 Å². The molecule has 0 radical (unpaired) electrons. The van der Waals surface area contributed by atoms with E-state index in [4.69, 9.17) is 0 Å². The second kappa shape index (κ2) is 8.92. The highest BCUT2D eigenvalue weighted by Gasteiger charge is 2.63. The van der Waals surface area contributed by atoms with Crippen LogP contribution in [-0.4, -0.2) is 33.2 Å². The number of hydrogen-bond acceptors (Lipinski definition) is 2. The van der Waals surface area contributed by atoms with Crippen LogP contribution in [0.4, 0.5) is 0 Å². The molecule has 3 aromatic rings. The molecule has 3 fully saturated rings. The van der Waals surface area contributed by atoms with Gasteiger partial charge in [0.25, 0.3) is 0 Å². The maximum Gasteiger partial charge on any atom is 0.250 e. The van der Waals surface area contributed by atoms with Crippen molar-refractivity contribution in [3.8, 4) is 0 Å². The van der Waals surface area contributed by atoms with E-state index < -0.39 is 22.7 Å². The van der Waals surface area contributed by atoms with E-state index in [-0.39, 0.29) is 11.8 Å². The van der Waals surface area contributed by atoms with Crippen LogP contribution in [-0.2, 0) is 27.1 Å². The third kappa shape index (κ3) is 3.75. The number of benzene rings is 3. The van der Waals surface area contributed by atoms with Crippen LogP contribution in [0.1, 0.15) is 63.6 Å². The number of nitrogens with zero attached hydrogens (tertiary/aromatic N) is 2. The van der Waals surface area contributed by atoms with Crippen molar-refractivity contribution in [1.29, 1.82) is 0 Å². The van der Waals surface area contributed by atoms with Crippen molar-refractivity contribution >= 4 is 11.8 Å². The summed E-state index contributed by atoms with van der Waals surface area (Å²) >= 11 is 0. The lowest BCUT2D eigenvalue weighted by atomic mass is 9.76. The van der Waals surface area contributed by atoms with E-state index in [2.05, 4.69) is 64.1 Å². The minimum Gasteiger partial charge on any atom is -0.319 e. The van der Waals surface area contributed by atoms with Gasteiger partial charge in [-0.2, -0.15) is 0 Å². The van der Waals surface area contributed by atoms with E-state index >= 15 is 0 Å². The van der Waals surface area contributed by atoms with E-state index in [1.807, 2.05) is 64.4 Å². The molecule has 3 heterocycles. The summed E-state index contributed by atoms with van der Waals surface area (Å²) in [5.74, 6) is 0.118. The number of carbonyl (C=O) groups is 2. The highest BCUT2D eigenvalue weighted by atomic mass is 16.2. The SMILES string of the molecule is CC(C)(c1ccccc1)N1C(=O)[C@]2(Cc3ccccc3)CCC[C@H]1C(=O)N2C(C)(C)c1ccccc1. The third-order valence-corrected chi connectivity index (χ3v) is 8.39.